The van der Waals surface area contributed by atoms with Gasteiger partial charge in [0.15, 0.2) is 0 Å². The lowest BCUT2D eigenvalue weighted by Gasteiger charge is -2.25. The Bertz CT molecular complexity index is 1480. The minimum absolute atomic E-state index is 0.0495. The molecule has 220 valence electrons. The molecule has 0 saturated heterocycles. The van der Waals surface area contributed by atoms with Crippen LogP contribution in [0.5, 0.6) is 11.5 Å². The Morgan fingerprint density at radius 2 is 1.45 bits per heavy atom. The Balaban J connectivity index is 1.11. The largest absolute Gasteiger partial charge is 0.506 e. The van der Waals surface area contributed by atoms with E-state index in [1.807, 2.05) is 0 Å². The maximum absolute atomic E-state index is 12.6. The topological polar surface area (TPSA) is 174 Å². The molecule has 5 rings (SSSR count). The molecule has 0 spiro atoms. The summed E-state index contributed by atoms with van der Waals surface area (Å²) in [6, 6.07) is 6.63. The molecule has 13 nitrogen and oxygen atoms in total. The van der Waals surface area contributed by atoms with Gasteiger partial charge in [0, 0.05) is 30.3 Å². The van der Waals surface area contributed by atoms with Gasteiger partial charge < -0.3 is 25.2 Å². The summed E-state index contributed by atoms with van der Waals surface area (Å²) in [6.45, 7) is 0.917. The zero-order valence-electron chi connectivity index (χ0n) is 22.9. The number of carbonyl (C=O) groups excluding carboxylic acids is 2. The van der Waals surface area contributed by atoms with E-state index in [1.165, 1.54) is 34.9 Å². The number of hydrogen-bond donors (Lipinski definition) is 3. The molecule has 1 aliphatic carbocycles. The highest BCUT2D eigenvalue weighted by Gasteiger charge is 2.29. The van der Waals surface area contributed by atoms with E-state index in [-0.39, 0.29) is 42.2 Å². The van der Waals surface area contributed by atoms with E-state index in [9.17, 15) is 14.7 Å². The van der Waals surface area contributed by atoms with Crippen LogP contribution in [0.25, 0.3) is 0 Å². The van der Waals surface area contributed by atoms with Crippen LogP contribution in [0.3, 0.4) is 0 Å². The van der Waals surface area contributed by atoms with Gasteiger partial charge in [-0.05, 0) is 43.5 Å². The molecule has 0 bridgehead atoms. The molecular weight excluding hydrogens is 580 g/mol. The fourth-order valence-corrected chi connectivity index (χ4v) is 6.37. The smallest absolute Gasteiger partial charge is 0.232 e. The first-order valence-corrected chi connectivity index (χ1v) is 15.1. The van der Waals surface area contributed by atoms with Crippen LogP contribution in [0.1, 0.15) is 58.9 Å². The van der Waals surface area contributed by atoms with E-state index in [2.05, 4.69) is 41.0 Å². The molecule has 1 fully saturated rings. The summed E-state index contributed by atoms with van der Waals surface area (Å²) in [4.78, 5) is 33.3. The SMILES string of the molecule is COCCOc1ccc(CC(=O)Nc2nnc([C@H]3CCC[C@H](c4nnc(NC(=O)Cc5ccc(O)cn5)s4)C3)s2)nc1. The van der Waals surface area contributed by atoms with Crippen LogP contribution in [0, 0.1) is 0 Å². The van der Waals surface area contributed by atoms with Crippen LogP contribution in [0.2, 0.25) is 0 Å². The Morgan fingerprint density at radius 3 is 1.98 bits per heavy atom. The minimum Gasteiger partial charge on any atom is -0.506 e. The van der Waals surface area contributed by atoms with Crippen LogP contribution in [0.15, 0.2) is 36.7 Å². The summed E-state index contributed by atoms with van der Waals surface area (Å²) in [5, 5.41) is 34.7. The predicted molar refractivity (Wildman–Crippen MR) is 156 cm³/mol. The van der Waals surface area contributed by atoms with E-state index < -0.39 is 0 Å². The van der Waals surface area contributed by atoms with Crippen molar-refractivity contribution in [3.05, 3.63) is 58.1 Å². The van der Waals surface area contributed by atoms with Gasteiger partial charge in [-0.3, -0.25) is 19.6 Å². The van der Waals surface area contributed by atoms with Gasteiger partial charge in [0.05, 0.1) is 31.8 Å². The number of nitrogens with one attached hydrogen (secondary N) is 2. The third-order valence-electron chi connectivity index (χ3n) is 6.59. The van der Waals surface area contributed by atoms with Crippen LogP contribution >= 0.6 is 22.7 Å². The van der Waals surface area contributed by atoms with Crippen molar-refractivity contribution in [3.63, 3.8) is 0 Å². The Labute approximate surface area is 249 Å². The normalized spacial score (nSPS) is 16.6. The molecule has 4 aromatic rings. The van der Waals surface area contributed by atoms with Gasteiger partial charge in [0.25, 0.3) is 0 Å². The number of rotatable bonds is 12. The molecule has 2 atom stereocenters. The molecule has 4 aromatic heterocycles. The molecule has 4 heterocycles. The molecule has 15 heteroatoms. The molecule has 0 radical (unpaired) electrons. The van der Waals surface area contributed by atoms with Crippen molar-refractivity contribution in [1.82, 2.24) is 30.4 Å². The number of methoxy groups -OCH3 is 1. The van der Waals surface area contributed by atoms with Gasteiger partial charge >= 0.3 is 0 Å². The number of pyridine rings is 2. The second-order valence-electron chi connectivity index (χ2n) is 9.74. The van der Waals surface area contributed by atoms with E-state index in [0.717, 1.165) is 35.7 Å². The lowest BCUT2D eigenvalue weighted by Crippen LogP contribution is -2.15. The number of amides is 2. The Kier molecular flexibility index (Phi) is 9.94. The first-order chi connectivity index (χ1) is 20.4. The van der Waals surface area contributed by atoms with Crippen molar-refractivity contribution in [2.75, 3.05) is 31.0 Å². The summed E-state index contributed by atoms with van der Waals surface area (Å²) in [5.74, 6) is 0.591. The van der Waals surface area contributed by atoms with E-state index in [1.54, 1.807) is 31.5 Å². The molecule has 0 aromatic carbocycles. The van der Waals surface area contributed by atoms with Gasteiger partial charge in [0.1, 0.15) is 28.1 Å². The third kappa shape index (κ3) is 8.24. The molecule has 42 heavy (non-hydrogen) atoms. The standard InChI is InChI=1S/C27H30N8O5S2/c1-39-9-10-40-21-8-6-19(29-15-21)13-23(38)31-27-35-33-25(42-27)17-4-2-3-16(11-17)24-32-34-26(41-24)30-22(37)12-18-5-7-20(36)14-28-18/h5-8,14-17,36H,2-4,9-13H2,1H3,(H,30,34,37)(H,31,35,38)/t16-,17-/m0/s1. The zero-order valence-corrected chi connectivity index (χ0v) is 24.5. The molecule has 0 aliphatic heterocycles. The molecule has 1 saturated carbocycles. The van der Waals surface area contributed by atoms with Crippen molar-refractivity contribution in [1.29, 1.82) is 0 Å². The van der Waals surface area contributed by atoms with Crippen LogP contribution in [-0.4, -0.2) is 67.6 Å². The van der Waals surface area contributed by atoms with Crippen molar-refractivity contribution < 1.29 is 24.2 Å². The monoisotopic (exact) mass is 610 g/mol. The summed E-state index contributed by atoms with van der Waals surface area (Å²) in [6.07, 6.45) is 6.87. The van der Waals surface area contributed by atoms with Gasteiger partial charge in [-0.2, -0.15) is 0 Å². The Hall–Kier alpha value is -4.08. The van der Waals surface area contributed by atoms with Crippen molar-refractivity contribution in [3.8, 4) is 11.5 Å². The Morgan fingerprint density at radius 1 is 0.857 bits per heavy atom. The fraction of sp³-hybridized carbons (Fsp3) is 0.407. The summed E-state index contributed by atoms with van der Waals surface area (Å²) in [5.41, 5.74) is 1.17. The van der Waals surface area contributed by atoms with Crippen molar-refractivity contribution in [2.24, 2.45) is 0 Å². The van der Waals surface area contributed by atoms with Gasteiger partial charge in [0.2, 0.25) is 22.1 Å². The predicted octanol–water partition coefficient (Wildman–Crippen LogP) is 3.71. The second kappa shape index (κ2) is 14.2. The van der Waals surface area contributed by atoms with Gasteiger partial charge in [-0.25, -0.2) is 0 Å². The van der Waals surface area contributed by atoms with Crippen LogP contribution in [-0.2, 0) is 27.2 Å². The molecule has 1 aliphatic rings. The van der Waals surface area contributed by atoms with Gasteiger partial charge in [-0.15, -0.1) is 20.4 Å². The zero-order chi connectivity index (χ0) is 29.3. The third-order valence-corrected chi connectivity index (χ3v) is 8.60. The summed E-state index contributed by atoms with van der Waals surface area (Å²) in [7, 11) is 1.61. The minimum atomic E-state index is -0.249. The van der Waals surface area contributed by atoms with Gasteiger partial charge in [-0.1, -0.05) is 29.1 Å². The number of aromatic hydroxyl groups is 1. The molecule has 0 unspecified atom stereocenters. The van der Waals surface area contributed by atoms with E-state index in [4.69, 9.17) is 9.47 Å². The highest BCUT2D eigenvalue weighted by atomic mass is 32.1. The maximum Gasteiger partial charge on any atom is 0.232 e. The number of hydrogen-bond acceptors (Lipinski definition) is 13. The quantitative estimate of drug-likeness (QED) is 0.199. The average Bonchev–Trinajstić information content (AvgIpc) is 3.65. The summed E-state index contributed by atoms with van der Waals surface area (Å²) >= 11 is 2.76. The first kappa shape index (κ1) is 29.4. The summed E-state index contributed by atoms with van der Waals surface area (Å²) < 4.78 is 10.5. The number of carbonyl (C=O) groups is 2. The fourth-order valence-electron chi connectivity index (χ4n) is 4.56. The molecule has 2 amide bonds. The highest BCUT2D eigenvalue weighted by Crippen LogP contribution is 2.43. The number of aromatic nitrogens is 6. The number of ether oxygens (including phenoxy) is 2. The van der Waals surface area contributed by atoms with Crippen LogP contribution in [0.4, 0.5) is 10.3 Å². The highest BCUT2D eigenvalue weighted by molar-refractivity contribution is 7.15. The number of anilines is 2. The molecular formula is C27H30N8O5S2. The average molecular weight is 611 g/mol. The van der Waals surface area contributed by atoms with Crippen molar-refractivity contribution >= 4 is 44.8 Å². The lowest BCUT2D eigenvalue weighted by atomic mass is 9.82. The van der Waals surface area contributed by atoms with E-state index >= 15 is 0 Å². The second-order valence-corrected chi connectivity index (χ2v) is 11.8. The lowest BCUT2D eigenvalue weighted by molar-refractivity contribution is -0.116. The van der Waals surface area contributed by atoms with Crippen molar-refractivity contribution in [2.45, 2.75) is 50.4 Å². The van der Waals surface area contributed by atoms with E-state index in [0.29, 0.717) is 40.6 Å². The first-order valence-electron chi connectivity index (χ1n) is 13.4. The van der Waals surface area contributed by atoms with Crippen LogP contribution < -0.4 is 15.4 Å². The number of nitrogens with zero attached hydrogens (tertiary/aromatic N) is 6. The molecule has 3 N–H and O–H groups in total. The maximum atomic E-state index is 12.6.